The lowest BCUT2D eigenvalue weighted by atomic mass is 10.0. The Kier molecular flexibility index (Phi) is 28.1. The number of ketones is 4. The number of rotatable bonds is 20. The van der Waals surface area contributed by atoms with E-state index in [1.165, 1.54) is 19.6 Å². The van der Waals surface area contributed by atoms with E-state index in [9.17, 15) is 19.2 Å². The molecule has 8 nitrogen and oxygen atoms in total. The lowest BCUT2D eigenvalue weighted by Gasteiger charge is -2.03. The minimum atomic E-state index is 0. The van der Waals surface area contributed by atoms with Crippen molar-refractivity contribution < 1.29 is 19.2 Å². The van der Waals surface area contributed by atoms with Crippen LogP contribution in [0.2, 0.25) is 0 Å². The van der Waals surface area contributed by atoms with Crippen LogP contribution in [0, 0.1) is 27.7 Å². The Morgan fingerprint density at radius 3 is 0.766 bits per heavy atom. The van der Waals surface area contributed by atoms with Crippen molar-refractivity contribution in [2.75, 3.05) is 25.0 Å². The fraction of sp³-hybridized carbons (Fsp3) is 0.262. The molecular weight excluding hydrogens is 1030 g/mol. The largest absolute Gasteiger partial charge is 0.299 e. The van der Waals surface area contributed by atoms with Gasteiger partial charge in [0, 0.05) is 119 Å². The van der Waals surface area contributed by atoms with Gasteiger partial charge in [-0.05, 0) is 170 Å². The highest BCUT2D eigenvalue weighted by Crippen LogP contribution is 2.19. The zero-order chi connectivity index (χ0) is 54.7. The summed E-state index contributed by atoms with van der Waals surface area (Å²) >= 11 is 6.83. The summed E-state index contributed by atoms with van der Waals surface area (Å²) in [5.74, 6) is 0.853. The van der Waals surface area contributed by atoms with Gasteiger partial charge >= 0.3 is 0 Å². The highest BCUT2D eigenvalue weighted by atomic mass is 32.2. The molecule has 0 amide bonds. The Bertz CT molecular complexity index is 2600. The highest BCUT2D eigenvalue weighted by molar-refractivity contribution is 7.99. The van der Waals surface area contributed by atoms with Gasteiger partial charge in [0.2, 0.25) is 0 Å². The van der Waals surface area contributed by atoms with E-state index in [1.807, 2.05) is 150 Å². The minimum Gasteiger partial charge on any atom is -0.299 e. The first kappa shape index (κ1) is 63.1. The molecule has 0 spiro atoms. The van der Waals surface area contributed by atoms with E-state index in [0.717, 1.165) is 67.3 Å². The molecule has 0 aliphatic rings. The normalized spacial score (nSPS) is 10.3. The molecule has 8 aromatic rings. The lowest BCUT2D eigenvalue weighted by Crippen LogP contribution is -2.07. The minimum absolute atomic E-state index is 0. The molecular formula is C65H72N4O4S4. The zero-order valence-electron chi connectivity index (χ0n) is 44.9. The van der Waals surface area contributed by atoms with Gasteiger partial charge in [0.15, 0.2) is 0 Å². The number of carbonyl (C=O) groups is 4. The van der Waals surface area contributed by atoms with Gasteiger partial charge in [-0.3, -0.25) is 39.1 Å². The van der Waals surface area contributed by atoms with Crippen LogP contribution < -0.4 is 0 Å². The fourth-order valence-corrected chi connectivity index (χ4v) is 9.04. The summed E-state index contributed by atoms with van der Waals surface area (Å²) in [4.78, 5) is 69.7. The van der Waals surface area contributed by atoms with Crippen LogP contribution in [0.5, 0.6) is 0 Å². The average molecular weight is 1100 g/mol. The van der Waals surface area contributed by atoms with Gasteiger partial charge < -0.3 is 0 Å². The number of nitrogens with zero attached hydrogens (tertiary/aromatic N) is 4. The third-order valence-corrected chi connectivity index (χ3v) is 14.7. The second kappa shape index (κ2) is 34.4. The van der Waals surface area contributed by atoms with Crippen LogP contribution in [-0.4, -0.2) is 68.1 Å². The van der Waals surface area contributed by atoms with Crippen LogP contribution in [0.1, 0.15) is 74.7 Å². The summed E-state index contributed by atoms with van der Waals surface area (Å²) in [5.41, 5.74) is 12.1. The summed E-state index contributed by atoms with van der Waals surface area (Å²) in [5, 5.41) is 0. The SMILES string of the molecule is C.CSc1ccc(CC(=O)Cc2ccc(C)cn2)cc1.CSc1ccc(CC(=O)Cc2ccc(C)cn2)cc1.CSc1ccc(CC(=O)Cc2ccc(C)nc2)cc1.CSc1ccc(CC(=O)Cc2ccc(C)nc2)cc1. The maximum atomic E-state index is 12.0. The van der Waals surface area contributed by atoms with Crippen molar-refractivity contribution in [1.82, 2.24) is 19.9 Å². The summed E-state index contributed by atoms with van der Waals surface area (Å²) in [6, 6.07) is 48.3. The molecule has 4 aromatic carbocycles. The standard InChI is InChI=1S/4C16H17NOS.CH4/c2*1-12-3-6-14(17-11-12)10-15(18)9-13-4-7-16(19-2)8-5-13;2*1-12-3-4-14(11-17-12)10-15(18)9-13-5-7-16(19-2)8-6-13;/h4*3-8,11H,9-10H2,1-2H3;1H4. The van der Waals surface area contributed by atoms with Crippen LogP contribution in [-0.2, 0) is 70.5 Å². The van der Waals surface area contributed by atoms with Crippen molar-refractivity contribution in [3.63, 3.8) is 0 Å². The van der Waals surface area contributed by atoms with E-state index in [-0.39, 0.29) is 30.6 Å². The number of Topliss-reactive ketones (excluding diaryl/α,β-unsaturated/α-hetero) is 4. The Morgan fingerprint density at radius 1 is 0.299 bits per heavy atom. The molecule has 0 N–H and O–H groups in total. The maximum Gasteiger partial charge on any atom is 0.143 e. The first-order chi connectivity index (χ1) is 36.7. The molecule has 0 radical (unpaired) electrons. The van der Waals surface area contributed by atoms with Gasteiger partial charge in [0.25, 0.3) is 0 Å². The van der Waals surface area contributed by atoms with E-state index in [4.69, 9.17) is 0 Å². The lowest BCUT2D eigenvalue weighted by molar-refractivity contribution is -0.118. The van der Waals surface area contributed by atoms with Crippen LogP contribution in [0.4, 0.5) is 0 Å². The summed E-state index contributed by atoms with van der Waals surface area (Å²) in [6.45, 7) is 7.87. The highest BCUT2D eigenvalue weighted by Gasteiger charge is 2.10. The number of carbonyl (C=O) groups excluding carboxylic acids is 4. The van der Waals surface area contributed by atoms with E-state index >= 15 is 0 Å². The van der Waals surface area contributed by atoms with Crippen molar-refractivity contribution >= 4 is 70.2 Å². The maximum absolute atomic E-state index is 12.0. The molecule has 0 saturated carbocycles. The Morgan fingerprint density at radius 2 is 0.545 bits per heavy atom. The second-order valence-electron chi connectivity index (χ2n) is 18.2. The number of aryl methyl sites for hydroxylation is 4. The van der Waals surface area contributed by atoms with Crippen molar-refractivity contribution in [1.29, 1.82) is 0 Å². The number of benzene rings is 4. The summed E-state index contributed by atoms with van der Waals surface area (Å²) in [7, 11) is 0. The monoisotopic (exact) mass is 1100 g/mol. The van der Waals surface area contributed by atoms with Crippen LogP contribution in [0.15, 0.2) is 190 Å². The van der Waals surface area contributed by atoms with Crippen LogP contribution in [0.3, 0.4) is 0 Å². The molecule has 0 fully saturated rings. The molecule has 4 heterocycles. The van der Waals surface area contributed by atoms with Gasteiger partial charge in [0.05, 0.1) is 0 Å². The fourth-order valence-electron chi connectivity index (χ4n) is 7.41. The molecule has 0 unspecified atom stereocenters. The zero-order valence-corrected chi connectivity index (χ0v) is 48.1. The van der Waals surface area contributed by atoms with Gasteiger partial charge in [-0.15, -0.1) is 47.0 Å². The van der Waals surface area contributed by atoms with Crippen molar-refractivity contribution in [3.05, 3.63) is 238 Å². The van der Waals surface area contributed by atoms with Crippen molar-refractivity contribution in [3.8, 4) is 0 Å². The number of pyridine rings is 4. The molecule has 0 aliphatic carbocycles. The molecule has 400 valence electrons. The van der Waals surface area contributed by atoms with Crippen LogP contribution >= 0.6 is 47.0 Å². The van der Waals surface area contributed by atoms with Gasteiger partial charge in [-0.25, -0.2) is 0 Å². The summed E-state index contributed by atoms with van der Waals surface area (Å²) < 4.78 is 0. The van der Waals surface area contributed by atoms with Crippen molar-refractivity contribution in [2.45, 2.75) is 106 Å². The Balaban J connectivity index is 0.000000221. The predicted molar refractivity (Wildman–Crippen MR) is 325 cm³/mol. The topological polar surface area (TPSA) is 120 Å². The van der Waals surface area contributed by atoms with Gasteiger partial charge in [0.1, 0.15) is 23.1 Å². The van der Waals surface area contributed by atoms with Gasteiger partial charge in [-0.1, -0.05) is 80.2 Å². The molecule has 4 aromatic heterocycles. The first-order valence-corrected chi connectivity index (χ1v) is 29.8. The van der Waals surface area contributed by atoms with E-state index in [0.29, 0.717) is 51.4 Å². The number of aromatic nitrogens is 4. The first-order valence-electron chi connectivity index (χ1n) is 24.9. The molecule has 77 heavy (non-hydrogen) atoms. The third kappa shape index (κ3) is 24.6. The van der Waals surface area contributed by atoms with Gasteiger partial charge in [-0.2, -0.15) is 0 Å². The van der Waals surface area contributed by atoms with Crippen LogP contribution in [0.25, 0.3) is 0 Å². The Labute approximate surface area is 475 Å². The second-order valence-corrected chi connectivity index (χ2v) is 21.7. The average Bonchev–Trinajstić information content (AvgIpc) is 3.42. The van der Waals surface area contributed by atoms with E-state index < -0.39 is 0 Å². The molecule has 12 heteroatoms. The summed E-state index contributed by atoms with van der Waals surface area (Å²) in [6.07, 6.45) is 19.0. The number of thioether (sulfide) groups is 4. The molecule has 0 saturated heterocycles. The molecule has 0 atom stereocenters. The van der Waals surface area contributed by atoms with E-state index in [2.05, 4.69) is 68.5 Å². The smallest absolute Gasteiger partial charge is 0.143 e. The van der Waals surface area contributed by atoms with Crippen molar-refractivity contribution in [2.24, 2.45) is 0 Å². The Hall–Kier alpha value is -6.44. The van der Waals surface area contributed by atoms with E-state index in [1.54, 1.807) is 71.8 Å². The quantitative estimate of drug-likeness (QED) is 0.0676. The molecule has 8 rings (SSSR count). The molecule has 0 bridgehead atoms. The third-order valence-electron chi connectivity index (χ3n) is 11.7. The predicted octanol–water partition coefficient (Wildman–Crippen LogP) is 14.5. The number of hydrogen-bond acceptors (Lipinski definition) is 12. The number of hydrogen-bond donors (Lipinski definition) is 0. The molecule has 0 aliphatic heterocycles.